The highest BCUT2D eigenvalue weighted by Crippen LogP contribution is 2.17. The van der Waals surface area contributed by atoms with Gasteiger partial charge >= 0.3 is 0 Å². The Hall–Kier alpha value is -1.43. The Morgan fingerprint density at radius 2 is 0.707 bits per heavy atom. The summed E-state index contributed by atoms with van der Waals surface area (Å²) < 4.78 is 0. The largest absolute Gasteiger partial charge is 0.394 e. The van der Waals surface area contributed by atoms with Crippen molar-refractivity contribution in [3.05, 3.63) is 36.5 Å². The van der Waals surface area contributed by atoms with Gasteiger partial charge in [-0.2, -0.15) is 0 Å². The summed E-state index contributed by atoms with van der Waals surface area (Å²) in [4.78, 5) is 12.5. The molecule has 1 amide bonds. The van der Waals surface area contributed by atoms with Crippen molar-refractivity contribution in [2.45, 2.75) is 289 Å². The maximum absolute atomic E-state index is 12.5. The number of nitrogens with one attached hydrogen (secondary N) is 1. The fourth-order valence-corrected chi connectivity index (χ4v) is 7.92. The third-order valence-corrected chi connectivity index (χ3v) is 12.0. The van der Waals surface area contributed by atoms with E-state index < -0.39 is 24.2 Å². The molecule has 0 rings (SSSR count). The number of carbonyl (C=O) groups excluding carboxylic acids is 1. The average Bonchev–Trinajstić information content (AvgIpc) is 3.23. The number of carbonyl (C=O) groups is 1. The zero-order chi connectivity index (χ0) is 42.3. The van der Waals surface area contributed by atoms with Crippen molar-refractivity contribution < 1.29 is 20.1 Å². The molecule has 0 spiro atoms. The quantitative estimate of drug-likeness (QED) is 0.0364. The minimum Gasteiger partial charge on any atom is -0.394 e. The number of unbranched alkanes of at least 4 members (excludes halogenated alkanes) is 35. The zero-order valence-corrected chi connectivity index (χ0v) is 38.9. The maximum atomic E-state index is 12.5. The molecule has 5 nitrogen and oxygen atoms in total. The molecule has 58 heavy (non-hydrogen) atoms. The predicted molar refractivity (Wildman–Crippen MR) is 254 cm³/mol. The molecule has 4 N–H and O–H groups in total. The van der Waals surface area contributed by atoms with Gasteiger partial charge in [0.25, 0.3) is 0 Å². The minimum absolute atomic E-state index is 0.379. The number of aliphatic hydroxyl groups excluding tert-OH is 3. The molecule has 0 aromatic carbocycles. The monoisotopic (exact) mass is 816 g/mol. The third kappa shape index (κ3) is 42.7. The Morgan fingerprint density at radius 1 is 0.414 bits per heavy atom. The minimum atomic E-state index is -1.11. The molecule has 0 saturated heterocycles. The predicted octanol–water partition coefficient (Wildman–Crippen LogP) is 15.5. The van der Waals surface area contributed by atoms with E-state index in [0.717, 1.165) is 44.9 Å². The Bertz CT molecular complexity index is 901. The maximum Gasteiger partial charge on any atom is 0.249 e. The smallest absolute Gasteiger partial charge is 0.249 e. The lowest BCUT2D eigenvalue weighted by Crippen LogP contribution is -2.48. The van der Waals surface area contributed by atoms with Crippen LogP contribution in [0.15, 0.2) is 36.5 Å². The SMILES string of the molecule is CCCCCCCCCCCCCCC/C=C/CC/C=C/CC/C=C/C(O)C(CO)NC(=O)C(O)CCCCCCCCCCCCCCCCCCCCCCC. The van der Waals surface area contributed by atoms with Crippen LogP contribution in [0.25, 0.3) is 0 Å². The van der Waals surface area contributed by atoms with Gasteiger partial charge in [-0.3, -0.25) is 4.79 Å². The Morgan fingerprint density at radius 3 is 1.05 bits per heavy atom. The van der Waals surface area contributed by atoms with E-state index in [1.54, 1.807) is 6.08 Å². The van der Waals surface area contributed by atoms with Crippen molar-refractivity contribution >= 4 is 5.91 Å². The van der Waals surface area contributed by atoms with Crippen molar-refractivity contribution in [1.29, 1.82) is 0 Å². The van der Waals surface area contributed by atoms with Gasteiger partial charge in [-0.05, 0) is 44.9 Å². The summed E-state index contributed by atoms with van der Waals surface area (Å²) in [5.74, 6) is -0.513. The van der Waals surface area contributed by atoms with Gasteiger partial charge in [-0.25, -0.2) is 0 Å². The number of hydrogen-bond donors (Lipinski definition) is 4. The van der Waals surface area contributed by atoms with Gasteiger partial charge < -0.3 is 20.6 Å². The van der Waals surface area contributed by atoms with E-state index in [9.17, 15) is 20.1 Å². The number of allylic oxidation sites excluding steroid dienone is 5. The van der Waals surface area contributed by atoms with Gasteiger partial charge in [0, 0.05) is 0 Å². The molecule has 0 fully saturated rings. The van der Waals surface area contributed by atoms with E-state index in [0.29, 0.717) is 6.42 Å². The molecule has 3 atom stereocenters. The summed E-state index contributed by atoms with van der Waals surface area (Å²) in [6.45, 7) is 4.19. The highest BCUT2D eigenvalue weighted by atomic mass is 16.3. The number of aliphatic hydroxyl groups is 3. The molecule has 0 heterocycles. The van der Waals surface area contributed by atoms with Crippen LogP contribution in [-0.2, 0) is 4.79 Å². The lowest BCUT2D eigenvalue weighted by molar-refractivity contribution is -0.131. The summed E-state index contributed by atoms with van der Waals surface area (Å²) in [7, 11) is 0. The number of hydrogen-bond acceptors (Lipinski definition) is 4. The number of amides is 1. The molecular weight excluding hydrogens is 715 g/mol. The lowest BCUT2D eigenvalue weighted by atomic mass is 10.0. The molecule has 0 bridgehead atoms. The van der Waals surface area contributed by atoms with Crippen LogP contribution in [0.2, 0.25) is 0 Å². The van der Waals surface area contributed by atoms with Crippen LogP contribution in [0.3, 0.4) is 0 Å². The molecule has 3 unspecified atom stereocenters. The second-order valence-electron chi connectivity index (χ2n) is 17.7. The lowest BCUT2D eigenvalue weighted by Gasteiger charge is -2.21. The molecule has 0 aromatic heterocycles. The standard InChI is InChI=1S/C53H101NO4/c1-3-5-7-9-11-13-15-17-19-21-23-25-26-28-29-31-33-35-37-39-41-43-45-47-51(56)50(49-55)54-53(58)52(57)48-46-44-42-40-38-36-34-32-30-27-24-22-20-18-16-14-12-10-8-6-4-2/h29,31,37,39,45,47,50-52,55-57H,3-28,30,32-36,38,40-44,46,48-49H2,1-2H3,(H,54,58)/b31-29+,39-37+,47-45+. The second-order valence-corrected chi connectivity index (χ2v) is 17.7. The van der Waals surface area contributed by atoms with Crippen LogP contribution in [0.5, 0.6) is 0 Å². The van der Waals surface area contributed by atoms with E-state index in [2.05, 4.69) is 43.5 Å². The second kappa shape index (κ2) is 48.2. The van der Waals surface area contributed by atoms with Gasteiger partial charge in [-0.15, -0.1) is 0 Å². The molecule has 0 radical (unpaired) electrons. The van der Waals surface area contributed by atoms with Crippen molar-refractivity contribution in [2.75, 3.05) is 6.61 Å². The normalized spacial score (nSPS) is 13.7. The summed E-state index contributed by atoms with van der Waals surface area (Å²) >= 11 is 0. The molecule has 0 aromatic rings. The molecular formula is C53H101NO4. The van der Waals surface area contributed by atoms with Crippen LogP contribution in [0.4, 0.5) is 0 Å². The van der Waals surface area contributed by atoms with Crippen LogP contribution in [-0.4, -0.2) is 46.1 Å². The van der Waals surface area contributed by atoms with Gasteiger partial charge in [-0.1, -0.05) is 262 Å². The highest BCUT2D eigenvalue weighted by Gasteiger charge is 2.22. The van der Waals surface area contributed by atoms with Gasteiger partial charge in [0.2, 0.25) is 5.91 Å². The zero-order valence-electron chi connectivity index (χ0n) is 38.9. The molecule has 0 aliphatic heterocycles. The molecule has 342 valence electrons. The van der Waals surface area contributed by atoms with E-state index in [1.807, 2.05) is 6.08 Å². The molecule has 0 aliphatic rings. The molecule has 0 saturated carbocycles. The van der Waals surface area contributed by atoms with Crippen molar-refractivity contribution in [3.63, 3.8) is 0 Å². The topological polar surface area (TPSA) is 89.8 Å². The Kier molecular flexibility index (Phi) is 47.0. The van der Waals surface area contributed by atoms with E-state index in [1.165, 1.54) is 205 Å². The van der Waals surface area contributed by atoms with Gasteiger partial charge in [0.05, 0.1) is 18.8 Å². The van der Waals surface area contributed by atoms with Gasteiger partial charge in [0.15, 0.2) is 0 Å². The summed E-state index contributed by atoms with van der Waals surface area (Å²) in [5, 5.41) is 33.3. The van der Waals surface area contributed by atoms with Gasteiger partial charge in [0.1, 0.15) is 6.10 Å². The first-order chi connectivity index (χ1) is 28.6. The molecule has 5 heteroatoms. The van der Waals surface area contributed by atoms with E-state index in [-0.39, 0.29) is 6.61 Å². The van der Waals surface area contributed by atoms with E-state index >= 15 is 0 Å². The summed E-state index contributed by atoms with van der Waals surface area (Å²) in [6.07, 6.45) is 62.0. The fourth-order valence-electron chi connectivity index (χ4n) is 7.92. The van der Waals surface area contributed by atoms with Crippen molar-refractivity contribution in [3.8, 4) is 0 Å². The van der Waals surface area contributed by atoms with Crippen LogP contribution in [0.1, 0.15) is 271 Å². The van der Waals surface area contributed by atoms with Crippen LogP contribution < -0.4 is 5.32 Å². The summed E-state index contributed by atoms with van der Waals surface area (Å²) in [5.41, 5.74) is 0. The average molecular weight is 816 g/mol. The Balaban J connectivity index is 3.66. The Labute approximate surface area is 362 Å². The van der Waals surface area contributed by atoms with Crippen LogP contribution in [0, 0.1) is 0 Å². The first-order valence-corrected chi connectivity index (χ1v) is 25.8. The first kappa shape index (κ1) is 56.6. The highest BCUT2D eigenvalue weighted by molar-refractivity contribution is 5.80. The number of rotatable bonds is 47. The van der Waals surface area contributed by atoms with Crippen molar-refractivity contribution in [1.82, 2.24) is 5.32 Å². The molecule has 0 aliphatic carbocycles. The van der Waals surface area contributed by atoms with Crippen molar-refractivity contribution in [2.24, 2.45) is 0 Å². The first-order valence-electron chi connectivity index (χ1n) is 25.8. The summed E-state index contributed by atoms with van der Waals surface area (Å²) in [6, 6.07) is -0.819. The fraction of sp³-hybridized carbons (Fsp3) is 0.868. The van der Waals surface area contributed by atoms with Crippen LogP contribution >= 0.6 is 0 Å². The third-order valence-electron chi connectivity index (χ3n) is 12.0. The van der Waals surface area contributed by atoms with E-state index in [4.69, 9.17) is 0 Å².